The number of fused-ring (bicyclic) bond motifs is 1. The minimum Gasteiger partial charge on any atom is -0.490 e. The van der Waals surface area contributed by atoms with Crippen molar-refractivity contribution in [1.82, 2.24) is 15.1 Å². The third-order valence-corrected chi connectivity index (χ3v) is 3.41. The van der Waals surface area contributed by atoms with Crippen LogP contribution in [0.15, 0.2) is 36.7 Å². The fourth-order valence-corrected chi connectivity index (χ4v) is 2.35. The average molecular weight is 301 g/mol. The van der Waals surface area contributed by atoms with Gasteiger partial charge in [-0.1, -0.05) is 0 Å². The quantitative estimate of drug-likeness (QED) is 0.936. The first-order valence-electron chi connectivity index (χ1n) is 7.40. The zero-order chi connectivity index (χ0) is 15.4. The minimum absolute atomic E-state index is 0.0246. The second-order valence-electron chi connectivity index (χ2n) is 5.31. The van der Waals surface area contributed by atoms with Gasteiger partial charge in [-0.25, -0.2) is 0 Å². The summed E-state index contributed by atoms with van der Waals surface area (Å²) in [4.78, 5) is 12.3. The number of carbonyl (C=O) groups excluding carboxylic acids is 1. The molecular weight excluding hydrogens is 282 g/mol. The van der Waals surface area contributed by atoms with Crippen molar-refractivity contribution < 1.29 is 14.3 Å². The molecule has 3 rings (SSSR count). The normalized spacial score (nSPS) is 15.0. The Kier molecular flexibility index (Phi) is 4.27. The van der Waals surface area contributed by atoms with Gasteiger partial charge in [-0.15, -0.1) is 0 Å². The lowest BCUT2D eigenvalue weighted by atomic mass is 10.1. The number of amides is 1. The molecule has 0 radical (unpaired) electrons. The number of nitrogens with zero attached hydrogens (tertiary/aromatic N) is 2. The van der Waals surface area contributed by atoms with Crippen molar-refractivity contribution in [3.05, 3.63) is 42.2 Å². The summed E-state index contributed by atoms with van der Waals surface area (Å²) in [7, 11) is 0. The summed E-state index contributed by atoms with van der Waals surface area (Å²) in [5.74, 6) is 1.19. The topological polar surface area (TPSA) is 65.4 Å². The van der Waals surface area contributed by atoms with Crippen molar-refractivity contribution >= 4 is 5.91 Å². The van der Waals surface area contributed by atoms with Crippen LogP contribution in [-0.2, 0) is 6.54 Å². The van der Waals surface area contributed by atoms with Crippen molar-refractivity contribution in [2.45, 2.75) is 25.9 Å². The van der Waals surface area contributed by atoms with E-state index in [0.717, 1.165) is 6.42 Å². The first kappa shape index (κ1) is 14.4. The Labute approximate surface area is 129 Å². The molecule has 1 aromatic carbocycles. The Morgan fingerprint density at radius 2 is 2.18 bits per heavy atom. The lowest BCUT2D eigenvalue weighted by Crippen LogP contribution is -2.35. The van der Waals surface area contributed by atoms with Gasteiger partial charge in [-0.3, -0.25) is 9.48 Å². The van der Waals surface area contributed by atoms with Gasteiger partial charge in [0.2, 0.25) is 0 Å². The van der Waals surface area contributed by atoms with Crippen molar-refractivity contribution in [2.24, 2.45) is 0 Å². The molecular formula is C16H19N3O3. The fourth-order valence-electron chi connectivity index (χ4n) is 2.35. The SMILES string of the molecule is C[C@H](Cn1cccn1)NC(=O)c1ccc2c(c1)OCCCO2. The molecule has 2 heterocycles. The molecule has 1 N–H and O–H groups in total. The molecule has 0 fully saturated rings. The number of hydrogen-bond donors (Lipinski definition) is 1. The third kappa shape index (κ3) is 3.39. The van der Waals surface area contributed by atoms with E-state index in [2.05, 4.69) is 10.4 Å². The fraction of sp³-hybridized carbons (Fsp3) is 0.375. The van der Waals surface area contributed by atoms with Crippen LogP contribution in [0.4, 0.5) is 0 Å². The maximum Gasteiger partial charge on any atom is 0.251 e. The predicted octanol–water partition coefficient (Wildman–Crippen LogP) is 1.86. The number of ether oxygens (including phenoxy) is 2. The summed E-state index contributed by atoms with van der Waals surface area (Å²) in [6.45, 7) is 3.82. The molecule has 22 heavy (non-hydrogen) atoms. The highest BCUT2D eigenvalue weighted by atomic mass is 16.5. The molecule has 116 valence electrons. The molecule has 6 nitrogen and oxygen atoms in total. The summed E-state index contributed by atoms with van der Waals surface area (Å²) in [6, 6.07) is 7.11. The molecule has 0 saturated carbocycles. The van der Waals surface area contributed by atoms with Gasteiger partial charge in [0.05, 0.1) is 19.8 Å². The van der Waals surface area contributed by atoms with Crippen LogP contribution in [-0.4, -0.2) is 34.9 Å². The van der Waals surface area contributed by atoms with Crippen molar-refractivity contribution in [3.63, 3.8) is 0 Å². The molecule has 0 aliphatic carbocycles. The molecule has 1 amide bonds. The number of nitrogens with one attached hydrogen (secondary N) is 1. The van der Waals surface area contributed by atoms with Gasteiger partial charge in [-0.05, 0) is 31.2 Å². The number of hydrogen-bond acceptors (Lipinski definition) is 4. The van der Waals surface area contributed by atoms with Crippen LogP contribution >= 0.6 is 0 Å². The van der Waals surface area contributed by atoms with E-state index in [9.17, 15) is 4.79 Å². The zero-order valence-electron chi connectivity index (χ0n) is 12.5. The third-order valence-electron chi connectivity index (χ3n) is 3.41. The lowest BCUT2D eigenvalue weighted by Gasteiger charge is -2.15. The van der Waals surface area contributed by atoms with Crippen LogP contribution < -0.4 is 14.8 Å². The average Bonchev–Trinajstić information content (AvgIpc) is 2.89. The maximum absolute atomic E-state index is 12.3. The summed E-state index contributed by atoms with van der Waals surface area (Å²) < 4.78 is 13.0. The highest BCUT2D eigenvalue weighted by Crippen LogP contribution is 2.30. The van der Waals surface area contributed by atoms with E-state index in [1.807, 2.05) is 19.2 Å². The number of benzene rings is 1. The molecule has 1 aliphatic rings. The van der Waals surface area contributed by atoms with Gasteiger partial charge >= 0.3 is 0 Å². The monoisotopic (exact) mass is 301 g/mol. The molecule has 0 saturated heterocycles. The van der Waals surface area contributed by atoms with E-state index >= 15 is 0 Å². The van der Waals surface area contributed by atoms with Gasteiger partial charge in [-0.2, -0.15) is 5.10 Å². The van der Waals surface area contributed by atoms with Crippen LogP contribution in [0.25, 0.3) is 0 Å². The molecule has 0 spiro atoms. The van der Waals surface area contributed by atoms with Gasteiger partial charge in [0, 0.05) is 30.4 Å². The second-order valence-corrected chi connectivity index (χ2v) is 5.31. The maximum atomic E-state index is 12.3. The largest absolute Gasteiger partial charge is 0.490 e. The molecule has 0 bridgehead atoms. The minimum atomic E-state index is -0.129. The standard InChI is InChI=1S/C16H19N3O3/c1-12(11-19-7-2-6-17-19)18-16(20)13-4-5-14-15(10-13)22-9-3-8-21-14/h2,4-7,10,12H,3,8-9,11H2,1H3,(H,18,20)/t12-/m1/s1. The van der Waals surface area contributed by atoms with E-state index in [0.29, 0.717) is 36.8 Å². The Hall–Kier alpha value is -2.50. The first-order valence-corrected chi connectivity index (χ1v) is 7.40. The predicted molar refractivity (Wildman–Crippen MR) is 81.2 cm³/mol. The Morgan fingerprint density at radius 1 is 1.36 bits per heavy atom. The molecule has 1 atom stereocenters. The van der Waals surface area contributed by atoms with Gasteiger partial charge < -0.3 is 14.8 Å². The lowest BCUT2D eigenvalue weighted by molar-refractivity contribution is 0.0935. The number of carbonyl (C=O) groups is 1. The highest BCUT2D eigenvalue weighted by molar-refractivity contribution is 5.95. The first-order chi connectivity index (χ1) is 10.7. The van der Waals surface area contributed by atoms with Crippen LogP contribution in [0.1, 0.15) is 23.7 Å². The van der Waals surface area contributed by atoms with Crippen molar-refractivity contribution in [2.75, 3.05) is 13.2 Å². The Morgan fingerprint density at radius 3 is 2.95 bits per heavy atom. The summed E-state index contributed by atoms with van der Waals surface area (Å²) in [5, 5.41) is 7.09. The Bertz CT molecular complexity index is 640. The molecule has 2 aromatic rings. The van der Waals surface area contributed by atoms with E-state index in [1.165, 1.54) is 0 Å². The van der Waals surface area contributed by atoms with Gasteiger partial charge in [0.25, 0.3) is 5.91 Å². The summed E-state index contributed by atoms with van der Waals surface area (Å²) >= 11 is 0. The highest BCUT2D eigenvalue weighted by Gasteiger charge is 2.15. The second kappa shape index (κ2) is 6.51. The van der Waals surface area contributed by atoms with Crippen LogP contribution in [0.5, 0.6) is 11.5 Å². The molecule has 1 aromatic heterocycles. The van der Waals surface area contributed by atoms with Gasteiger partial charge in [0.1, 0.15) is 0 Å². The van der Waals surface area contributed by atoms with E-state index in [4.69, 9.17) is 9.47 Å². The van der Waals surface area contributed by atoms with Crippen LogP contribution in [0.2, 0.25) is 0 Å². The zero-order valence-corrected chi connectivity index (χ0v) is 12.5. The van der Waals surface area contributed by atoms with E-state index in [-0.39, 0.29) is 11.9 Å². The molecule has 1 aliphatic heterocycles. The molecule has 6 heteroatoms. The van der Waals surface area contributed by atoms with Crippen molar-refractivity contribution in [1.29, 1.82) is 0 Å². The summed E-state index contributed by atoms with van der Waals surface area (Å²) in [6.07, 6.45) is 4.44. The Balaban J connectivity index is 1.65. The van der Waals surface area contributed by atoms with E-state index in [1.54, 1.807) is 29.1 Å². The smallest absolute Gasteiger partial charge is 0.251 e. The van der Waals surface area contributed by atoms with Crippen LogP contribution in [0.3, 0.4) is 0 Å². The van der Waals surface area contributed by atoms with Crippen molar-refractivity contribution in [3.8, 4) is 11.5 Å². The van der Waals surface area contributed by atoms with E-state index < -0.39 is 0 Å². The van der Waals surface area contributed by atoms with Crippen LogP contribution in [0, 0.1) is 0 Å². The number of aromatic nitrogens is 2. The van der Waals surface area contributed by atoms with Gasteiger partial charge in [0.15, 0.2) is 11.5 Å². The molecule has 0 unspecified atom stereocenters. The summed E-state index contributed by atoms with van der Waals surface area (Å²) in [5.41, 5.74) is 0.566. The number of rotatable bonds is 4.